The molecule has 1 atom stereocenters. The van der Waals surface area contributed by atoms with Crippen LogP contribution in [0, 0.1) is 6.92 Å². The third-order valence-electron chi connectivity index (χ3n) is 3.23. The van der Waals surface area contributed by atoms with E-state index in [9.17, 15) is 4.79 Å². The molecule has 0 spiro atoms. The predicted octanol–water partition coefficient (Wildman–Crippen LogP) is 2.99. The topological polar surface area (TPSA) is 63.7 Å². The minimum Gasteiger partial charge on any atom is -0.444 e. The molecule has 1 amide bonds. The fourth-order valence-corrected chi connectivity index (χ4v) is 2.89. The number of rotatable bonds is 8. The number of carbonyl (C=O) groups excluding carboxylic acids is 1. The largest absolute Gasteiger partial charge is 0.444 e. The molecule has 1 N–H and O–H groups in total. The lowest BCUT2D eigenvalue weighted by atomic mass is 10.2. The Hall–Kier alpha value is -1.18. The number of aromatic nitrogens is 1. The summed E-state index contributed by atoms with van der Waals surface area (Å²) in [5.74, 6) is 0. The maximum Gasteiger partial charge on any atom is 0.410 e. The molecule has 0 aliphatic heterocycles. The Balaban J connectivity index is 2.50. The number of thiazole rings is 1. The van der Waals surface area contributed by atoms with Crippen LogP contribution in [0.4, 0.5) is 4.79 Å². The second kappa shape index (κ2) is 9.20. The molecule has 6 nitrogen and oxygen atoms in total. The summed E-state index contributed by atoms with van der Waals surface area (Å²) in [5.41, 5.74) is 2.41. The molecule has 1 aromatic rings. The van der Waals surface area contributed by atoms with Crippen molar-refractivity contribution in [2.75, 3.05) is 33.4 Å². The van der Waals surface area contributed by atoms with Crippen molar-refractivity contribution >= 4 is 17.4 Å². The van der Waals surface area contributed by atoms with Crippen molar-refractivity contribution in [1.29, 1.82) is 0 Å². The number of nitrogens with one attached hydrogen (secondary N) is 1. The number of aryl methyl sites for hydroxylation is 1. The average Bonchev–Trinajstić information content (AvgIpc) is 2.86. The van der Waals surface area contributed by atoms with Crippen molar-refractivity contribution in [3.8, 4) is 0 Å². The van der Waals surface area contributed by atoms with Crippen LogP contribution >= 0.6 is 11.3 Å². The zero-order valence-electron chi connectivity index (χ0n) is 15.0. The summed E-state index contributed by atoms with van der Waals surface area (Å²) in [6, 6.07) is 0.213. The Bertz CT molecular complexity index is 485. The second-order valence-corrected chi connectivity index (χ2v) is 7.32. The van der Waals surface area contributed by atoms with Crippen molar-refractivity contribution in [3.05, 3.63) is 16.1 Å². The van der Waals surface area contributed by atoms with E-state index < -0.39 is 5.60 Å². The number of ether oxygens (including phenoxy) is 2. The van der Waals surface area contributed by atoms with E-state index in [2.05, 4.69) is 17.2 Å². The Labute approximate surface area is 143 Å². The lowest BCUT2D eigenvalue weighted by Gasteiger charge is -2.27. The highest BCUT2D eigenvalue weighted by Crippen LogP contribution is 2.20. The molecule has 0 aliphatic rings. The molecule has 0 saturated heterocycles. The van der Waals surface area contributed by atoms with Crippen LogP contribution in [0.25, 0.3) is 0 Å². The van der Waals surface area contributed by atoms with Crippen LogP contribution in [0.1, 0.15) is 44.3 Å². The van der Waals surface area contributed by atoms with Gasteiger partial charge in [-0.15, -0.1) is 11.3 Å². The van der Waals surface area contributed by atoms with Gasteiger partial charge in [-0.05, 0) is 34.6 Å². The van der Waals surface area contributed by atoms with Crippen LogP contribution in [0.5, 0.6) is 0 Å². The minimum absolute atomic E-state index is 0.213. The summed E-state index contributed by atoms with van der Waals surface area (Å²) in [5, 5.41) is 3.43. The van der Waals surface area contributed by atoms with Crippen LogP contribution in [-0.2, 0) is 9.47 Å². The third-order valence-corrected chi connectivity index (χ3v) is 4.34. The summed E-state index contributed by atoms with van der Waals surface area (Å²) in [6.07, 6.45) is -0.307. The molecule has 23 heavy (non-hydrogen) atoms. The fraction of sp³-hybridized carbons (Fsp3) is 0.750. The van der Waals surface area contributed by atoms with Gasteiger partial charge in [-0.25, -0.2) is 9.78 Å². The number of methoxy groups -OCH3 is 1. The Morgan fingerprint density at radius 3 is 2.65 bits per heavy atom. The molecule has 132 valence electrons. The van der Waals surface area contributed by atoms with Gasteiger partial charge in [0.05, 0.1) is 17.8 Å². The zero-order chi connectivity index (χ0) is 17.5. The molecule has 0 saturated carbocycles. The van der Waals surface area contributed by atoms with Gasteiger partial charge in [0, 0.05) is 37.7 Å². The van der Waals surface area contributed by atoms with Gasteiger partial charge >= 0.3 is 6.09 Å². The number of carbonyl (C=O) groups is 1. The number of nitrogens with zero attached hydrogens (tertiary/aromatic N) is 2. The quantitative estimate of drug-likeness (QED) is 0.786. The highest BCUT2D eigenvalue weighted by Gasteiger charge is 2.22. The molecule has 0 aliphatic carbocycles. The van der Waals surface area contributed by atoms with Gasteiger partial charge in [0.25, 0.3) is 0 Å². The summed E-state index contributed by atoms with van der Waals surface area (Å²) < 4.78 is 10.5. The normalized spacial score (nSPS) is 13.0. The molecule has 0 aromatic carbocycles. The maximum absolute atomic E-state index is 12.2. The Morgan fingerprint density at radius 1 is 1.43 bits per heavy atom. The maximum atomic E-state index is 12.2. The molecule has 1 rings (SSSR count). The van der Waals surface area contributed by atoms with Crippen LogP contribution in [0.2, 0.25) is 0 Å². The van der Waals surface area contributed by atoms with Gasteiger partial charge in [-0.1, -0.05) is 0 Å². The van der Waals surface area contributed by atoms with E-state index in [-0.39, 0.29) is 12.1 Å². The molecule has 1 unspecified atom stereocenters. The lowest BCUT2D eigenvalue weighted by molar-refractivity contribution is 0.0203. The van der Waals surface area contributed by atoms with E-state index in [1.54, 1.807) is 23.3 Å². The van der Waals surface area contributed by atoms with E-state index >= 15 is 0 Å². The highest BCUT2D eigenvalue weighted by atomic mass is 32.1. The van der Waals surface area contributed by atoms with Gasteiger partial charge in [-0.2, -0.15) is 0 Å². The van der Waals surface area contributed by atoms with Gasteiger partial charge in [-0.3, -0.25) is 0 Å². The number of amides is 1. The van der Waals surface area contributed by atoms with E-state index in [1.807, 2.05) is 33.2 Å². The summed E-state index contributed by atoms with van der Waals surface area (Å²) >= 11 is 1.65. The lowest BCUT2D eigenvalue weighted by Crippen LogP contribution is -2.42. The van der Waals surface area contributed by atoms with Crippen LogP contribution in [-0.4, -0.2) is 54.9 Å². The SMILES string of the molecule is COCCN(CCNC(C)c1scnc1C)C(=O)OC(C)(C)C. The summed E-state index contributed by atoms with van der Waals surface area (Å²) in [6.45, 7) is 12.0. The molecule has 0 fully saturated rings. The highest BCUT2D eigenvalue weighted by molar-refractivity contribution is 7.09. The van der Waals surface area contributed by atoms with E-state index in [0.717, 1.165) is 5.69 Å². The van der Waals surface area contributed by atoms with Crippen molar-refractivity contribution in [3.63, 3.8) is 0 Å². The first-order valence-electron chi connectivity index (χ1n) is 7.85. The van der Waals surface area contributed by atoms with Crippen molar-refractivity contribution in [1.82, 2.24) is 15.2 Å². The molecule has 7 heteroatoms. The van der Waals surface area contributed by atoms with Crippen LogP contribution in [0.3, 0.4) is 0 Å². The second-order valence-electron chi connectivity index (χ2n) is 6.44. The Morgan fingerprint density at radius 2 is 2.13 bits per heavy atom. The van der Waals surface area contributed by atoms with E-state index in [0.29, 0.717) is 26.2 Å². The Kier molecular flexibility index (Phi) is 7.94. The van der Waals surface area contributed by atoms with Gasteiger partial charge in [0.15, 0.2) is 0 Å². The molecular formula is C16H29N3O3S. The fourth-order valence-electron chi connectivity index (χ4n) is 2.06. The van der Waals surface area contributed by atoms with Crippen molar-refractivity contribution in [2.24, 2.45) is 0 Å². The van der Waals surface area contributed by atoms with Crippen molar-refractivity contribution < 1.29 is 14.3 Å². The first-order chi connectivity index (χ1) is 10.7. The third kappa shape index (κ3) is 7.28. The number of hydrogen-bond acceptors (Lipinski definition) is 6. The smallest absolute Gasteiger partial charge is 0.410 e. The first kappa shape index (κ1) is 19.9. The van der Waals surface area contributed by atoms with E-state index in [4.69, 9.17) is 9.47 Å². The van der Waals surface area contributed by atoms with Crippen LogP contribution in [0.15, 0.2) is 5.51 Å². The standard InChI is InChI=1S/C16H29N3O3S/c1-12(14-13(2)18-11-23-14)17-7-8-19(9-10-21-6)15(20)22-16(3,4)5/h11-12,17H,7-10H2,1-6H3. The molecule has 0 bridgehead atoms. The van der Waals surface area contributed by atoms with Gasteiger partial charge in [0.2, 0.25) is 0 Å². The zero-order valence-corrected chi connectivity index (χ0v) is 15.8. The predicted molar refractivity (Wildman–Crippen MR) is 93.0 cm³/mol. The molecule has 0 radical (unpaired) electrons. The monoisotopic (exact) mass is 343 g/mol. The molecule has 1 aromatic heterocycles. The van der Waals surface area contributed by atoms with E-state index in [1.165, 1.54) is 4.88 Å². The first-order valence-corrected chi connectivity index (χ1v) is 8.72. The van der Waals surface area contributed by atoms with Gasteiger partial charge in [0.1, 0.15) is 5.60 Å². The summed E-state index contributed by atoms with van der Waals surface area (Å²) in [7, 11) is 1.63. The number of hydrogen-bond donors (Lipinski definition) is 1. The minimum atomic E-state index is -0.497. The van der Waals surface area contributed by atoms with Gasteiger partial charge < -0.3 is 19.7 Å². The van der Waals surface area contributed by atoms with Crippen LogP contribution < -0.4 is 5.32 Å². The average molecular weight is 343 g/mol. The molecular weight excluding hydrogens is 314 g/mol. The molecule has 1 heterocycles. The van der Waals surface area contributed by atoms with Crippen molar-refractivity contribution in [2.45, 2.75) is 46.3 Å². The summed E-state index contributed by atoms with van der Waals surface area (Å²) in [4.78, 5) is 19.4.